The van der Waals surface area contributed by atoms with Gasteiger partial charge in [0.2, 0.25) is 0 Å². The van der Waals surface area contributed by atoms with Gasteiger partial charge in [0.15, 0.2) is 0 Å². The Bertz CT molecular complexity index is 27.0. The van der Waals surface area contributed by atoms with Crippen molar-refractivity contribution in [3.63, 3.8) is 0 Å². The maximum Gasteiger partial charge on any atom is 2.00 e. The Labute approximate surface area is 63.1 Å². The normalized spacial score (nSPS) is 0.667. The molecule has 0 aliphatic carbocycles. The summed E-state index contributed by atoms with van der Waals surface area (Å²) in [7, 11) is 0. The molecule has 0 aromatic carbocycles. The smallest absolute Gasteiger partial charge is 0.512 e. The Balaban J connectivity index is -0.00000000500. The predicted molar refractivity (Wildman–Crippen MR) is 9.94 cm³/mol. The van der Waals surface area contributed by atoms with Gasteiger partial charge in [-0.15, -0.1) is 0 Å². The van der Waals surface area contributed by atoms with Gasteiger partial charge in [0.1, 0.15) is 0 Å². The van der Waals surface area contributed by atoms with E-state index in [0.717, 1.165) is 0 Å². The van der Waals surface area contributed by atoms with Crippen LogP contribution in [0.5, 0.6) is 0 Å². The fourth-order valence-electron chi connectivity index (χ4n) is 0. The van der Waals surface area contributed by atoms with Gasteiger partial charge in [0.05, 0.1) is 0 Å². The van der Waals surface area contributed by atoms with Crippen LogP contribution in [0.15, 0.2) is 0 Å². The average molecular weight is 313 g/mol. The summed E-state index contributed by atoms with van der Waals surface area (Å²) in [6.45, 7) is 9.50. The molecule has 4 heteroatoms. The summed E-state index contributed by atoms with van der Waals surface area (Å²) >= 11 is 0. The number of nitrogens with zero attached hydrogens (tertiary/aromatic N) is 2. The Kier molecular flexibility index (Phi) is 9330. The van der Waals surface area contributed by atoms with Crippen LogP contribution in [0.3, 0.4) is 0 Å². The molecule has 0 aliphatic heterocycles. The van der Waals surface area contributed by atoms with E-state index in [9.17, 15) is 0 Å². The van der Waals surface area contributed by atoms with Crippen LogP contribution in [0.1, 0.15) is 0 Å². The van der Waals surface area contributed by atoms with E-state index in [2.05, 4.69) is 0 Å². The summed E-state index contributed by atoms with van der Waals surface area (Å²) in [6.07, 6.45) is 0. The monoisotopic (exact) mass is 312 g/mol. The van der Waals surface area contributed by atoms with Crippen molar-refractivity contribution in [1.29, 1.82) is 10.5 Å². The van der Waals surface area contributed by atoms with Crippen LogP contribution < -0.4 is 0 Å². The van der Waals surface area contributed by atoms with Crippen molar-refractivity contribution < 1.29 is 39.4 Å². The van der Waals surface area contributed by atoms with Gasteiger partial charge in [-0.25, -0.2) is 0 Å². The Morgan fingerprint density at radius 1 is 0.833 bits per heavy atom. The van der Waals surface area contributed by atoms with Crippen molar-refractivity contribution in [3.8, 4) is 0 Å². The first-order chi connectivity index (χ1) is 2.00. The van der Waals surface area contributed by atoms with Gasteiger partial charge in [-0.05, 0) is 0 Å². The largest absolute Gasteiger partial charge is 2.00 e. The predicted octanol–water partition coefficient (Wildman–Crippen LogP) is 0.188. The molecule has 6 heavy (non-hydrogen) atoms. The third-order valence-electron chi connectivity index (χ3n) is 0. The van der Waals surface area contributed by atoms with Crippen molar-refractivity contribution in [2.75, 3.05) is 0 Å². The summed E-state index contributed by atoms with van der Waals surface area (Å²) in [6, 6.07) is 0. The van der Waals surface area contributed by atoms with Crippen LogP contribution in [0.4, 0.5) is 0 Å². The van der Waals surface area contributed by atoms with E-state index in [0.29, 0.717) is 0 Å². The van der Waals surface area contributed by atoms with Crippen molar-refractivity contribution in [1.82, 2.24) is 0 Å². The molecule has 0 aliphatic rings. The van der Waals surface area contributed by atoms with Gasteiger partial charge in [0, 0.05) is 22.4 Å². The average Bonchev–Trinajstić information content (AvgIpc) is 1.50. The Morgan fingerprint density at radius 3 is 0.833 bits per heavy atom. The first kappa shape index (κ1) is 34.2. The van der Waals surface area contributed by atoms with E-state index < -0.39 is 0 Å². The molecule has 0 saturated carbocycles. The molecule has 0 saturated heterocycles. The molecule has 0 heterocycles. The van der Waals surface area contributed by atoms with Crippen LogP contribution in [-0.2, 0) is 39.4 Å². The van der Waals surface area contributed by atoms with Gasteiger partial charge < -0.3 is 23.7 Å². The molecule has 0 spiro atoms. The van der Waals surface area contributed by atoms with Crippen LogP contribution in [-0.4, -0.2) is 0 Å². The minimum absolute atomic E-state index is 0. The molecule has 0 rings (SSSR count). The van der Waals surface area contributed by atoms with E-state index in [-0.39, 0.29) is 39.4 Å². The topological polar surface area (TPSA) is 47.6 Å². The maximum atomic E-state index is 6.25. The van der Waals surface area contributed by atoms with Gasteiger partial charge in [-0.3, -0.25) is 0 Å². The second-order valence-corrected chi connectivity index (χ2v) is 0. The van der Waals surface area contributed by atoms with Gasteiger partial charge in [0.25, 0.3) is 0 Å². The zero-order chi connectivity index (χ0) is 4.00. The molecule has 0 fully saturated rings. The summed E-state index contributed by atoms with van der Waals surface area (Å²) in [4.78, 5) is 0. The minimum atomic E-state index is 0. The Hall–Kier alpha value is 0.240. The summed E-state index contributed by atoms with van der Waals surface area (Å²) in [5.41, 5.74) is 0. The Morgan fingerprint density at radius 2 is 0.833 bits per heavy atom. The quantitative estimate of drug-likeness (QED) is 0.473. The molecule has 40 valence electrons. The third-order valence-corrected chi connectivity index (χ3v) is 0. The van der Waals surface area contributed by atoms with Gasteiger partial charge >= 0.3 is 17.1 Å². The minimum Gasteiger partial charge on any atom is -0.512 e. The SMILES string of the molecule is [Au].[C-]#N.[C-]#N.[Cu+2]. The summed E-state index contributed by atoms with van der Waals surface area (Å²) in [5, 5.41) is 12.5. The fraction of sp³-hybridized carbons (Fsp3) is 0. The fourth-order valence-corrected chi connectivity index (χ4v) is 0. The zero-order valence-corrected chi connectivity index (χ0v) is 5.61. The third kappa shape index (κ3) is 774. The molecule has 0 atom stereocenters. The number of rotatable bonds is 0. The molecule has 0 bridgehead atoms. The first-order valence-electron chi connectivity index (χ1n) is 0.447. The molecule has 0 aromatic rings. The molecule has 2 nitrogen and oxygen atoms in total. The second-order valence-electron chi connectivity index (χ2n) is 0. The van der Waals surface area contributed by atoms with Crippen LogP contribution in [0.2, 0.25) is 0 Å². The van der Waals surface area contributed by atoms with Crippen LogP contribution in [0, 0.1) is 23.7 Å². The van der Waals surface area contributed by atoms with E-state index in [1.807, 2.05) is 0 Å². The molecule has 2 radical (unpaired) electrons. The zero-order valence-electron chi connectivity index (χ0n) is 2.50. The van der Waals surface area contributed by atoms with Gasteiger partial charge in [-0.2, -0.15) is 0 Å². The maximum absolute atomic E-state index is 6.25. The second kappa shape index (κ2) is 1640. The summed E-state index contributed by atoms with van der Waals surface area (Å²) < 4.78 is 0. The van der Waals surface area contributed by atoms with Crippen molar-refractivity contribution >= 4 is 0 Å². The molecule has 0 unspecified atom stereocenters. The molecule has 0 amide bonds. The van der Waals surface area contributed by atoms with E-state index in [4.69, 9.17) is 23.7 Å². The molecular formula is C2AuCuN2. The molecule has 0 N–H and O–H groups in total. The van der Waals surface area contributed by atoms with Crippen molar-refractivity contribution in [2.45, 2.75) is 0 Å². The number of hydrogen-bond donors (Lipinski definition) is 0. The van der Waals surface area contributed by atoms with Crippen LogP contribution in [0.25, 0.3) is 0 Å². The molecule has 0 aromatic heterocycles. The van der Waals surface area contributed by atoms with E-state index >= 15 is 0 Å². The van der Waals surface area contributed by atoms with Gasteiger partial charge in [-0.1, -0.05) is 0 Å². The van der Waals surface area contributed by atoms with Crippen molar-refractivity contribution in [2.24, 2.45) is 0 Å². The summed E-state index contributed by atoms with van der Waals surface area (Å²) in [5.74, 6) is 0. The number of hydrogen-bond acceptors (Lipinski definition) is 2. The van der Waals surface area contributed by atoms with Crippen LogP contribution >= 0.6 is 0 Å². The standard InChI is InChI=1S/2CN.Au.Cu/c2*1-2;;/q2*-1;;+2. The van der Waals surface area contributed by atoms with E-state index in [1.54, 1.807) is 0 Å². The van der Waals surface area contributed by atoms with E-state index in [1.165, 1.54) is 0 Å². The van der Waals surface area contributed by atoms with Crippen molar-refractivity contribution in [3.05, 3.63) is 13.1 Å². The first-order valence-corrected chi connectivity index (χ1v) is 0.447. The molecular weight excluding hydrogens is 313 g/mol.